The summed E-state index contributed by atoms with van der Waals surface area (Å²) in [6.45, 7) is 5.08. The minimum Gasteiger partial charge on any atom is -0.462 e. The maximum absolute atomic E-state index is 12.2. The van der Waals surface area contributed by atoms with E-state index in [4.69, 9.17) is 4.74 Å². The molecule has 25 heavy (non-hydrogen) atoms. The van der Waals surface area contributed by atoms with Crippen molar-refractivity contribution in [2.75, 3.05) is 6.61 Å². The van der Waals surface area contributed by atoms with Crippen molar-refractivity contribution in [3.05, 3.63) is 20.8 Å². The van der Waals surface area contributed by atoms with Crippen LogP contribution in [0.2, 0.25) is 0 Å². The summed E-state index contributed by atoms with van der Waals surface area (Å²) in [6.07, 6.45) is 15.5. The van der Waals surface area contributed by atoms with E-state index >= 15 is 0 Å². The highest BCUT2D eigenvalue weighted by Crippen LogP contribution is 2.23. The molecule has 0 aliphatic heterocycles. The SMILES string of the molecule is CCCCCCCCC(CCCCCC)COC(=O)c1csc(Br)c1. The van der Waals surface area contributed by atoms with Crippen molar-refractivity contribution in [2.24, 2.45) is 5.92 Å². The van der Waals surface area contributed by atoms with Crippen molar-refractivity contribution in [1.29, 1.82) is 0 Å². The van der Waals surface area contributed by atoms with Crippen LogP contribution in [0, 0.1) is 5.92 Å². The Labute approximate surface area is 166 Å². The van der Waals surface area contributed by atoms with Crippen LogP contribution in [-0.2, 0) is 4.74 Å². The predicted octanol–water partition coefficient (Wildman–Crippen LogP) is 8.00. The fourth-order valence-electron chi connectivity index (χ4n) is 3.08. The van der Waals surface area contributed by atoms with Crippen LogP contribution in [0.1, 0.15) is 101 Å². The predicted molar refractivity (Wildman–Crippen MR) is 113 cm³/mol. The second-order valence-corrected chi connectivity index (χ2v) is 9.30. The van der Waals surface area contributed by atoms with Crippen molar-refractivity contribution in [3.63, 3.8) is 0 Å². The summed E-state index contributed by atoms with van der Waals surface area (Å²) >= 11 is 4.93. The van der Waals surface area contributed by atoms with Gasteiger partial charge in [-0.3, -0.25) is 0 Å². The first-order valence-electron chi connectivity index (χ1n) is 10.1. The minimum absolute atomic E-state index is 0.177. The zero-order valence-corrected chi connectivity index (χ0v) is 18.4. The van der Waals surface area contributed by atoms with Crippen LogP contribution in [-0.4, -0.2) is 12.6 Å². The number of carbonyl (C=O) groups excluding carboxylic acids is 1. The van der Waals surface area contributed by atoms with E-state index < -0.39 is 0 Å². The summed E-state index contributed by atoms with van der Waals surface area (Å²) in [6, 6.07) is 1.84. The van der Waals surface area contributed by atoms with Gasteiger partial charge in [0.15, 0.2) is 0 Å². The molecule has 144 valence electrons. The van der Waals surface area contributed by atoms with Gasteiger partial charge in [-0.1, -0.05) is 78.1 Å². The maximum Gasteiger partial charge on any atom is 0.339 e. The lowest BCUT2D eigenvalue weighted by molar-refractivity contribution is 0.0422. The summed E-state index contributed by atoms with van der Waals surface area (Å²) in [7, 11) is 0. The number of unbranched alkanes of at least 4 members (excludes halogenated alkanes) is 8. The molecule has 0 aromatic carbocycles. The lowest BCUT2D eigenvalue weighted by atomic mass is 9.95. The molecule has 0 aliphatic carbocycles. The van der Waals surface area contributed by atoms with Crippen molar-refractivity contribution in [3.8, 4) is 0 Å². The van der Waals surface area contributed by atoms with Gasteiger partial charge in [-0.25, -0.2) is 4.79 Å². The third-order valence-corrected chi connectivity index (χ3v) is 6.19. The summed E-state index contributed by atoms with van der Waals surface area (Å²) < 4.78 is 6.58. The Balaban J connectivity index is 2.31. The van der Waals surface area contributed by atoms with E-state index in [-0.39, 0.29) is 5.97 Å². The van der Waals surface area contributed by atoms with Crippen molar-refractivity contribution >= 4 is 33.2 Å². The van der Waals surface area contributed by atoms with Crippen molar-refractivity contribution in [2.45, 2.75) is 90.9 Å². The van der Waals surface area contributed by atoms with Crippen LogP contribution in [0.4, 0.5) is 0 Å². The number of rotatable bonds is 15. The summed E-state index contributed by atoms with van der Waals surface area (Å²) in [5.74, 6) is 0.345. The average Bonchev–Trinajstić information content (AvgIpc) is 3.05. The molecule has 1 unspecified atom stereocenters. The Hall–Kier alpha value is -0.350. The summed E-state index contributed by atoms with van der Waals surface area (Å²) in [5.41, 5.74) is 0.668. The van der Waals surface area contributed by atoms with Gasteiger partial charge in [0, 0.05) is 5.38 Å². The number of hydrogen-bond donors (Lipinski definition) is 0. The van der Waals surface area contributed by atoms with Crippen LogP contribution in [0.25, 0.3) is 0 Å². The molecule has 0 saturated heterocycles. The van der Waals surface area contributed by atoms with Crippen molar-refractivity contribution in [1.82, 2.24) is 0 Å². The van der Waals surface area contributed by atoms with Crippen LogP contribution in [0.3, 0.4) is 0 Å². The molecule has 0 aliphatic rings. The normalized spacial score (nSPS) is 12.3. The van der Waals surface area contributed by atoms with Crippen LogP contribution >= 0.6 is 27.3 Å². The van der Waals surface area contributed by atoms with Crippen LogP contribution in [0.15, 0.2) is 15.2 Å². The average molecular weight is 431 g/mol. The number of thiophene rings is 1. The molecule has 1 aromatic rings. The molecule has 2 nitrogen and oxygen atoms in total. The topological polar surface area (TPSA) is 26.3 Å². The minimum atomic E-state index is -0.177. The molecule has 4 heteroatoms. The van der Waals surface area contributed by atoms with Crippen molar-refractivity contribution < 1.29 is 9.53 Å². The standard InChI is InChI=1S/C21H35BrO2S/c1-3-5-7-9-10-12-14-18(13-11-8-6-4-2)16-24-21(23)19-15-20(22)25-17-19/h15,17-18H,3-14,16H2,1-2H3. The summed E-state index contributed by atoms with van der Waals surface area (Å²) in [5, 5.41) is 1.86. The molecule has 0 amide bonds. The largest absolute Gasteiger partial charge is 0.462 e. The molecule has 0 bridgehead atoms. The number of halogens is 1. The molecular formula is C21H35BrO2S. The van der Waals surface area contributed by atoms with E-state index in [0.717, 1.165) is 3.79 Å². The first kappa shape index (κ1) is 22.7. The lowest BCUT2D eigenvalue weighted by Gasteiger charge is -2.17. The highest BCUT2D eigenvalue weighted by Gasteiger charge is 2.14. The quantitative estimate of drug-likeness (QED) is 0.208. The van der Waals surface area contributed by atoms with Gasteiger partial charge in [-0.2, -0.15) is 0 Å². The second-order valence-electron chi connectivity index (χ2n) is 7.01. The number of esters is 1. The number of carbonyl (C=O) groups is 1. The fourth-order valence-corrected chi connectivity index (χ4v) is 4.20. The van der Waals surface area contributed by atoms with Crippen LogP contribution < -0.4 is 0 Å². The van der Waals surface area contributed by atoms with Gasteiger partial charge in [0.2, 0.25) is 0 Å². The highest BCUT2D eigenvalue weighted by molar-refractivity contribution is 9.11. The molecule has 0 radical (unpaired) electrons. The zero-order valence-electron chi connectivity index (χ0n) is 16.0. The summed E-state index contributed by atoms with van der Waals surface area (Å²) in [4.78, 5) is 12.2. The van der Waals surface area contributed by atoms with Gasteiger partial charge in [0.1, 0.15) is 0 Å². The van der Waals surface area contributed by atoms with Gasteiger partial charge < -0.3 is 4.74 Å². The smallest absolute Gasteiger partial charge is 0.339 e. The molecule has 0 saturated carbocycles. The Bertz CT molecular complexity index is 459. The highest BCUT2D eigenvalue weighted by atomic mass is 79.9. The first-order valence-corrected chi connectivity index (χ1v) is 11.8. The monoisotopic (exact) mass is 430 g/mol. The molecule has 1 atom stereocenters. The van der Waals surface area contributed by atoms with Crippen LogP contribution in [0.5, 0.6) is 0 Å². The van der Waals surface area contributed by atoms with E-state index in [1.165, 1.54) is 88.4 Å². The zero-order chi connectivity index (χ0) is 18.3. The first-order chi connectivity index (χ1) is 12.2. The van der Waals surface area contributed by atoms with Gasteiger partial charge in [0.25, 0.3) is 0 Å². The third-order valence-electron chi connectivity index (χ3n) is 4.69. The van der Waals surface area contributed by atoms with E-state index in [1.807, 2.05) is 11.4 Å². The van der Waals surface area contributed by atoms with E-state index in [2.05, 4.69) is 29.8 Å². The number of ether oxygens (including phenoxy) is 1. The van der Waals surface area contributed by atoms with Gasteiger partial charge >= 0.3 is 5.97 Å². The molecule has 1 aromatic heterocycles. The Morgan fingerprint density at radius 1 is 1.00 bits per heavy atom. The van der Waals surface area contributed by atoms with Gasteiger partial charge in [0.05, 0.1) is 16.0 Å². The maximum atomic E-state index is 12.2. The molecule has 0 spiro atoms. The Morgan fingerprint density at radius 2 is 1.56 bits per heavy atom. The lowest BCUT2D eigenvalue weighted by Crippen LogP contribution is -2.14. The fraction of sp³-hybridized carbons (Fsp3) is 0.762. The van der Waals surface area contributed by atoms with E-state index in [9.17, 15) is 4.79 Å². The molecule has 1 heterocycles. The van der Waals surface area contributed by atoms with E-state index in [1.54, 1.807) is 0 Å². The molecular weight excluding hydrogens is 396 g/mol. The van der Waals surface area contributed by atoms with Gasteiger partial charge in [-0.05, 0) is 40.8 Å². The molecule has 0 fully saturated rings. The Morgan fingerprint density at radius 3 is 2.12 bits per heavy atom. The number of hydrogen-bond acceptors (Lipinski definition) is 3. The molecule has 0 N–H and O–H groups in total. The van der Waals surface area contributed by atoms with Gasteiger partial charge in [-0.15, -0.1) is 11.3 Å². The molecule has 1 rings (SSSR count). The third kappa shape index (κ3) is 11.1. The van der Waals surface area contributed by atoms with E-state index in [0.29, 0.717) is 18.1 Å². The Kier molecular flexibility index (Phi) is 13.4. The second kappa shape index (κ2) is 14.8.